The Morgan fingerprint density at radius 1 is 1.64 bits per heavy atom. The minimum atomic E-state index is -0.565. The monoisotopic (exact) mass is 198 g/mol. The summed E-state index contributed by atoms with van der Waals surface area (Å²) in [5.41, 5.74) is 4.85. The zero-order valence-corrected chi connectivity index (χ0v) is 8.57. The maximum Gasteiger partial charge on any atom is 0.226 e. The van der Waals surface area contributed by atoms with Crippen LogP contribution in [0.4, 0.5) is 0 Å². The lowest BCUT2D eigenvalue weighted by Gasteiger charge is -2.47. The summed E-state index contributed by atoms with van der Waals surface area (Å²) in [6.45, 7) is 3.25. The van der Waals surface area contributed by atoms with E-state index in [2.05, 4.69) is 0 Å². The molecular formula is C10H18N2O2. The van der Waals surface area contributed by atoms with Crippen LogP contribution in [0.5, 0.6) is 0 Å². The van der Waals surface area contributed by atoms with Gasteiger partial charge in [-0.05, 0) is 18.8 Å². The van der Waals surface area contributed by atoms with Gasteiger partial charge in [0.05, 0.1) is 13.1 Å². The maximum atomic E-state index is 11.6. The van der Waals surface area contributed by atoms with Crippen LogP contribution < -0.4 is 5.73 Å². The summed E-state index contributed by atoms with van der Waals surface area (Å²) in [5, 5.41) is 10.00. The van der Waals surface area contributed by atoms with Gasteiger partial charge in [0.25, 0.3) is 0 Å². The fraction of sp³-hybridized carbons (Fsp3) is 0.900. The minimum Gasteiger partial charge on any atom is -0.386 e. The first-order chi connectivity index (χ1) is 6.57. The molecule has 0 radical (unpaired) electrons. The Kier molecular flexibility index (Phi) is 2.27. The van der Waals surface area contributed by atoms with Crippen molar-refractivity contribution in [2.45, 2.75) is 25.4 Å². The zero-order chi connectivity index (χ0) is 10.3. The van der Waals surface area contributed by atoms with Crippen molar-refractivity contribution in [2.24, 2.45) is 17.6 Å². The second kappa shape index (κ2) is 3.21. The van der Waals surface area contributed by atoms with E-state index in [0.717, 1.165) is 12.8 Å². The van der Waals surface area contributed by atoms with Gasteiger partial charge in [0.15, 0.2) is 0 Å². The van der Waals surface area contributed by atoms with Crippen LogP contribution >= 0.6 is 0 Å². The first-order valence-corrected chi connectivity index (χ1v) is 5.28. The quantitative estimate of drug-likeness (QED) is 0.646. The van der Waals surface area contributed by atoms with E-state index in [1.807, 2.05) is 6.92 Å². The van der Waals surface area contributed by atoms with E-state index < -0.39 is 5.60 Å². The summed E-state index contributed by atoms with van der Waals surface area (Å²) in [5.74, 6) is 0.413. The van der Waals surface area contributed by atoms with E-state index in [0.29, 0.717) is 25.6 Å². The Morgan fingerprint density at radius 2 is 2.21 bits per heavy atom. The van der Waals surface area contributed by atoms with Crippen molar-refractivity contribution >= 4 is 5.91 Å². The molecule has 1 amide bonds. The highest BCUT2D eigenvalue weighted by Crippen LogP contribution is 2.44. The molecule has 0 aromatic rings. The van der Waals surface area contributed by atoms with E-state index in [1.54, 1.807) is 4.90 Å². The fourth-order valence-electron chi connectivity index (χ4n) is 2.06. The van der Waals surface area contributed by atoms with E-state index in [4.69, 9.17) is 5.73 Å². The Morgan fingerprint density at radius 3 is 2.64 bits per heavy atom. The SMILES string of the molecule is CC(CN)C(=O)N1CC(O)(C2CC2)C1. The normalized spacial score (nSPS) is 26.9. The van der Waals surface area contributed by atoms with Gasteiger partial charge in [0.1, 0.15) is 5.60 Å². The molecule has 0 aromatic heterocycles. The van der Waals surface area contributed by atoms with Gasteiger partial charge >= 0.3 is 0 Å². The largest absolute Gasteiger partial charge is 0.386 e. The lowest BCUT2D eigenvalue weighted by molar-refractivity contribution is -0.162. The molecule has 3 N–H and O–H groups in total. The summed E-state index contributed by atoms with van der Waals surface area (Å²) < 4.78 is 0. The summed E-state index contributed by atoms with van der Waals surface area (Å²) in [7, 11) is 0. The Labute approximate surface area is 84.1 Å². The molecule has 1 aliphatic carbocycles. The van der Waals surface area contributed by atoms with Crippen LogP contribution in [0, 0.1) is 11.8 Å². The second-order valence-electron chi connectivity index (χ2n) is 4.71. The van der Waals surface area contributed by atoms with Crippen molar-refractivity contribution in [1.29, 1.82) is 0 Å². The van der Waals surface area contributed by atoms with Crippen LogP contribution in [0.2, 0.25) is 0 Å². The van der Waals surface area contributed by atoms with Crippen LogP contribution in [0.1, 0.15) is 19.8 Å². The van der Waals surface area contributed by atoms with Gasteiger partial charge in [-0.1, -0.05) is 6.92 Å². The molecule has 2 fully saturated rings. The molecule has 80 valence electrons. The van der Waals surface area contributed by atoms with Gasteiger partial charge in [-0.2, -0.15) is 0 Å². The molecule has 1 heterocycles. The third kappa shape index (κ3) is 1.53. The lowest BCUT2D eigenvalue weighted by Crippen LogP contribution is -2.65. The van der Waals surface area contributed by atoms with Crippen molar-refractivity contribution in [3.8, 4) is 0 Å². The van der Waals surface area contributed by atoms with Crippen LogP contribution in [0.15, 0.2) is 0 Å². The second-order valence-corrected chi connectivity index (χ2v) is 4.71. The molecule has 1 aliphatic heterocycles. The van der Waals surface area contributed by atoms with Gasteiger partial charge < -0.3 is 15.7 Å². The molecule has 1 saturated heterocycles. The predicted molar refractivity (Wildman–Crippen MR) is 52.5 cm³/mol. The lowest BCUT2D eigenvalue weighted by atomic mass is 9.87. The highest BCUT2D eigenvalue weighted by atomic mass is 16.3. The zero-order valence-electron chi connectivity index (χ0n) is 8.57. The van der Waals surface area contributed by atoms with E-state index >= 15 is 0 Å². The smallest absolute Gasteiger partial charge is 0.226 e. The maximum absolute atomic E-state index is 11.6. The number of nitrogens with zero attached hydrogens (tertiary/aromatic N) is 1. The van der Waals surface area contributed by atoms with E-state index in [1.165, 1.54) is 0 Å². The number of aliphatic hydroxyl groups is 1. The highest BCUT2D eigenvalue weighted by molar-refractivity contribution is 5.79. The van der Waals surface area contributed by atoms with Crippen molar-refractivity contribution in [3.05, 3.63) is 0 Å². The van der Waals surface area contributed by atoms with Crippen molar-refractivity contribution in [1.82, 2.24) is 4.90 Å². The minimum absolute atomic E-state index is 0.0813. The third-order valence-corrected chi connectivity index (χ3v) is 3.35. The van der Waals surface area contributed by atoms with E-state index in [-0.39, 0.29) is 11.8 Å². The number of likely N-dealkylation sites (tertiary alicyclic amines) is 1. The fourth-order valence-corrected chi connectivity index (χ4v) is 2.06. The van der Waals surface area contributed by atoms with Gasteiger partial charge in [-0.25, -0.2) is 0 Å². The number of carbonyl (C=O) groups is 1. The average Bonchev–Trinajstić information content (AvgIpc) is 2.93. The third-order valence-electron chi connectivity index (χ3n) is 3.35. The molecule has 14 heavy (non-hydrogen) atoms. The Balaban J connectivity index is 1.84. The number of hydrogen-bond donors (Lipinski definition) is 2. The number of rotatable bonds is 3. The first-order valence-electron chi connectivity index (χ1n) is 5.28. The standard InChI is InChI=1S/C10H18N2O2/c1-7(4-11)9(13)12-5-10(14,6-12)8-2-3-8/h7-8,14H,2-6,11H2,1H3. The summed E-state index contributed by atoms with van der Waals surface area (Å²) >= 11 is 0. The topological polar surface area (TPSA) is 66.6 Å². The molecular weight excluding hydrogens is 180 g/mol. The molecule has 2 aliphatic rings. The highest BCUT2D eigenvalue weighted by Gasteiger charge is 2.53. The molecule has 0 bridgehead atoms. The van der Waals surface area contributed by atoms with Gasteiger partial charge in [-0.15, -0.1) is 0 Å². The number of carbonyl (C=O) groups excluding carboxylic acids is 1. The summed E-state index contributed by atoms with van der Waals surface area (Å²) in [4.78, 5) is 13.3. The molecule has 2 rings (SSSR count). The number of hydrogen-bond acceptors (Lipinski definition) is 3. The molecule has 4 nitrogen and oxygen atoms in total. The Bertz CT molecular complexity index is 245. The molecule has 0 aromatic carbocycles. The van der Waals surface area contributed by atoms with Crippen LogP contribution in [0.3, 0.4) is 0 Å². The molecule has 0 spiro atoms. The molecule has 1 unspecified atom stereocenters. The van der Waals surface area contributed by atoms with Gasteiger partial charge in [0.2, 0.25) is 5.91 Å². The van der Waals surface area contributed by atoms with E-state index in [9.17, 15) is 9.90 Å². The average molecular weight is 198 g/mol. The number of β-amino-alcohol motifs (C(OH)–C–C–N with tert-alkyl or cyclic N) is 1. The predicted octanol–water partition coefficient (Wildman–Crippen LogP) is -0.435. The first kappa shape index (κ1) is 9.93. The van der Waals surface area contributed by atoms with Crippen molar-refractivity contribution < 1.29 is 9.90 Å². The molecule has 1 saturated carbocycles. The summed E-state index contributed by atoms with van der Waals surface area (Å²) in [6.07, 6.45) is 2.23. The molecule has 1 atom stereocenters. The Hall–Kier alpha value is -0.610. The molecule has 4 heteroatoms. The van der Waals surface area contributed by atoms with Crippen LogP contribution in [-0.2, 0) is 4.79 Å². The number of amides is 1. The van der Waals surface area contributed by atoms with Crippen LogP contribution in [-0.4, -0.2) is 41.1 Å². The number of nitrogens with two attached hydrogens (primary N) is 1. The van der Waals surface area contributed by atoms with Crippen molar-refractivity contribution in [2.75, 3.05) is 19.6 Å². The summed E-state index contributed by atoms with van der Waals surface area (Å²) in [6, 6.07) is 0. The van der Waals surface area contributed by atoms with Crippen LogP contribution in [0.25, 0.3) is 0 Å². The van der Waals surface area contributed by atoms with Crippen molar-refractivity contribution in [3.63, 3.8) is 0 Å². The van der Waals surface area contributed by atoms with Gasteiger partial charge in [-0.3, -0.25) is 4.79 Å². The van der Waals surface area contributed by atoms with Gasteiger partial charge in [0, 0.05) is 12.5 Å².